The molecular formula is C8H20O5Si. The highest BCUT2D eigenvalue weighted by Crippen LogP contribution is 2.17. The summed E-state index contributed by atoms with van der Waals surface area (Å²) in [4.78, 5) is 0. The molecule has 0 aliphatic carbocycles. The summed E-state index contributed by atoms with van der Waals surface area (Å²) in [5.74, 6) is 0. The molecule has 6 heteroatoms. The van der Waals surface area contributed by atoms with Crippen LogP contribution in [0.1, 0.15) is 20.8 Å². The summed E-state index contributed by atoms with van der Waals surface area (Å²) in [5, 5.41) is 17.8. The third-order valence-corrected chi connectivity index (χ3v) is 4.58. The zero-order valence-corrected chi connectivity index (χ0v) is 10.0. The molecule has 0 saturated heterocycles. The van der Waals surface area contributed by atoms with Crippen LogP contribution >= 0.6 is 0 Å². The van der Waals surface area contributed by atoms with Gasteiger partial charge < -0.3 is 23.5 Å². The second-order valence-electron chi connectivity index (χ2n) is 2.67. The average Bonchev–Trinajstić information content (AvgIpc) is 2.03. The van der Waals surface area contributed by atoms with E-state index in [0.717, 1.165) is 0 Å². The highest BCUT2D eigenvalue weighted by atomic mass is 28.4. The van der Waals surface area contributed by atoms with Crippen molar-refractivity contribution in [3.8, 4) is 0 Å². The van der Waals surface area contributed by atoms with Gasteiger partial charge in [-0.25, -0.2) is 0 Å². The van der Waals surface area contributed by atoms with Gasteiger partial charge in [0.25, 0.3) is 0 Å². The van der Waals surface area contributed by atoms with Crippen LogP contribution in [0, 0.1) is 0 Å². The molecule has 0 aromatic carbocycles. The Kier molecular flexibility index (Phi) is 7.34. The van der Waals surface area contributed by atoms with Crippen LogP contribution in [-0.2, 0) is 13.3 Å². The lowest BCUT2D eigenvalue weighted by atomic mass is 10.8. The summed E-state index contributed by atoms with van der Waals surface area (Å²) in [6, 6.07) is 0.0164. The highest BCUT2D eigenvalue weighted by Gasteiger charge is 2.42. The molecule has 0 fully saturated rings. The van der Waals surface area contributed by atoms with Gasteiger partial charge in [0.2, 0.25) is 0 Å². The van der Waals surface area contributed by atoms with Crippen LogP contribution in [0.2, 0.25) is 6.04 Å². The third-order valence-electron chi connectivity index (χ3n) is 1.53. The fourth-order valence-electron chi connectivity index (χ4n) is 1.19. The number of rotatable bonds is 8. The van der Waals surface area contributed by atoms with Crippen LogP contribution in [0.15, 0.2) is 0 Å². The van der Waals surface area contributed by atoms with E-state index < -0.39 is 15.1 Å². The zero-order chi connectivity index (χ0) is 11.0. The monoisotopic (exact) mass is 224 g/mol. The molecule has 0 aromatic heterocycles. The molecule has 0 aromatic rings. The maximum absolute atomic E-state index is 8.92. The summed E-state index contributed by atoms with van der Waals surface area (Å²) < 4.78 is 16.2. The van der Waals surface area contributed by atoms with Gasteiger partial charge in [-0.3, -0.25) is 0 Å². The first-order chi connectivity index (χ1) is 6.60. The van der Waals surface area contributed by atoms with E-state index in [1.54, 1.807) is 0 Å². The highest BCUT2D eigenvalue weighted by molar-refractivity contribution is 6.60. The first kappa shape index (κ1) is 14.0. The lowest BCUT2D eigenvalue weighted by Gasteiger charge is -2.28. The van der Waals surface area contributed by atoms with Crippen molar-refractivity contribution >= 4 is 8.80 Å². The summed E-state index contributed by atoms with van der Waals surface area (Å²) in [6.45, 7) is 6.80. The molecule has 0 aliphatic heterocycles. The molecule has 0 radical (unpaired) electrons. The molecule has 0 atom stereocenters. The second-order valence-corrected chi connectivity index (χ2v) is 5.31. The fraction of sp³-hybridized carbons (Fsp3) is 1.00. The molecule has 0 amide bonds. The summed E-state index contributed by atoms with van der Waals surface area (Å²) in [5.41, 5.74) is 0. The SMILES string of the molecule is CCO[Si](CC(O)O)(OCC)OCC. The van der Waals surface area contributed by atoms with Gasteiger partial charge in [0, 0.05) is 19.8 Å². The number of hydrogen-bond donors (Lipinski definition) is 2. The number of aliphatic hydroxyl groups is 2. The van der Waals surface area contributed by atoms with E-state index in [0.29, 0.717) is 19.8 Å². The van der Waals surface area contributed by atoms with Gasteiger partial charge >= 0.3 is 8.80 Å². The Hall–Kier alpha value is 0.0169. The van der Waals surface area contributed by atoms with Crippen molar-refractivity contribution in [2.45, 2.75) is 33.1 Å². The quantitative estimate of drug-likeness (QED) is 0.460. The molecule has 0 aliphatic rings. The lowest BCUT2D eigenvalue weighted by molar-refractivity contribution is -0.0431. The first-order valence-corrected chi connectivity index (χ1v) is 6.81. The Labute approximate surface area is 86.0 Å². The van der Waals surface area contributed by atoms with E-state index in [4.69, 9.17) is 23.5 Å². The Morgan fingerprint density at radius 1 is 0.929 bits per heavy atom. The van der Waals surface area contributed by atoms with Crippen LogP contribution in [0.5, 0.6) is 0 Å². The molecule has 0 unspecified atom stereocenters. The summed E-state index contributed by atoms with van der Waals surface area (Å²) >= 11 is 0. The molecular weight excluding hydrogens is 204 g/mol. The largest absolute Gasteiger partial charge is 0.506 e. The van der Waals surface area contributed by atoms with Gasteiger partial charge in [-0.1, -0.05) is 0 Å². The molecule has 0 bridgehead atoms. The third kappa shape index (κ3) is 5.04. The van der Waals surface area contributed by atoms with E-state index in [1.807, 2.05) is 20.8 Å². The fourth-order valence-corrected chi connectivity index (χ4v) is 3.56. The van der Waals surface area contributed by atoms with Gasteiger partial charge in [-0.05, 0) is 20.8 Å². The van der Waals surface area contributed by atoms with E-state index in [9.17, 15) is 0 Å². The van der Waals surface area contributed by atoms with Crippen molar-refractivity contribution in [2.24, 2.45) is 0 Å². The maximum atomic E-state index is 8.92. The van der Waals surface area contributed by atoms with Crippen LogP contribution in [0.25, 0.3) is 0 Å². The van der Waals surface area contributed by atoms with Crippen molar-refractivity contribution in [3.05, 3.63) is 0 Å². The first-order valence-electron chi connectivity index (χ1n) is 4.88. The number of hydrogen-bond acceptors (Lipinski definition) is 5. The van der Waals surface area contributed by atoms with Gasteiger partial charge in [0.1, 0.15) is 0 Å². The molecule has 86 valence electrons. The van der Waals surface area contributed by atoms with Gasteiger partial charge in [-0.2, -0.15) is 0 Å². The Bertz CT molecular complexity index is 125. The average molecular weight is 224 g/mol. The molecule has 0 spiro atoms. The molecule has 0 saturated carbocycles. The zero-order valence-electron chi connectivity index (χ0n) is 9.02. The molecule has 0 rings (SSSR count). The predicted molar refractivity (Wildman–Crippen MR) is 53.7 cm³/mol. The second kappa shape index (κ2) is 7.33. The van der Waals surface area contributed by atoms with Crippen LogP contribution in [0.4, 0.5) is 0 Å². The predicted octanol–water partition coefficient (Wildman–Crippen LogP) is 0.345. The molecule has 2 N–H and O–H groups in total. The van der Waals surface area contributed by atoms with Gasteiger partial charge in [0.05, 0.1) is 6.04 Å². The van der Waals surface area contributed by atoms with Crippen molar-refractivity contribution in [2.75, 3.05) is 19.8 Å². The normalized spacial score (nSPS) is 12.4. The van der Waals surface area contributed by atoms with Crippen LogP contribution in [-0.4, -0.2) is 45.1 Å². The van der Waals surface area contributed by atoms with Crippen molar-refractivity contribution in [1.82, 2.24) is 0 Å². The minimum absolute atomic E-state index is 0.0164. The van der Waals surface area contributed by atoms with E-state index >= 15 is 0 Å². The van der Waals surface area contributed by atoms with Crippen molar-refractivity contribution in [1.29, 1.82) is 0 Å². The lowest BCUT2D eigenvalue weighted by Crippen LogP contribution is -2.48. The van der Waals surface area contributed by atoms with Crippen LogP contribution < -0.4 is 0 Å². The molecule has 0 heterocycles. The van der Waals surface area contributed by atoms with E-state index in [1.165, 1.54) is 0 Å². The van der Waals surface area contributed by atoms with Crippen LogP contribution in [0.3, 0.4) is 0 Å². The van der Waals surface area contributed by atoms with E-state index in [2.05, 4.69) is 0 Å². The van der Waals surface area contributed by atoms with Gasteiger partial charge in [-0.15, -0.1) is 0 Å². The topological polar surface area (TPSA) is 68.2 Å². The Morgan fingerprint density at radius 3 is 1.50 bits per heavy atom. The van der Waals surface area contributed by atoms with E-state index in [-0.39, 0.29) is 6.04 Å². The van der Waals surface area contributed by atoms with Crippen molar-refractivity contribution in [3.63, 3.8) is 0 Å². The smallest absolute Gasteiger partial charge is 0.374 e. The summed E-state index contributed by atoms with van der Waals surface area (Å²) in [7, 11) is -2.86. The molecule has 14 heavy (non-hydrogen) atoms. The maximum Gasteiger partial charge on any atom is 0.506 e. The minimum Gasteiger partial charge on any atom is -0.374 e. The van der Waals surface area contributed by atoms with Crippen molar-refractivity contribution < 1.29 is 23.5 Å². The standard InChI is InChI=1S/C8H20O5Si/c1-4-11-14(12-5-2,13-6-3)7-8(9)10/h8-10H,4-7H2,1-3H3. The molecule has 5 nitrogen and oxygen atoms in total. The minimum atomic E-state index is -2.86. The Morgan fingerprint density at radius 2 is 1.29 bits per heavy atom. The van der Waals surface area contributed by atoms with Gasteiger partial charge in [0.15, 0.2) is 6.29 Å². The summed E-state index contributed by atoms with van der Waals surface area (Å²) in [6.07, 6.45) is -1.45. The Balaban J connectivity index is 4.37. The number of aliphatic hydroxyl groups excluding tert-OH is 1.